The number of amides is 2. The number of carbonyl (C=O) groups is 2. The number of methoxy groups -OCH3 is 1. The molecule has 0 heterocycles. The van der Waals surface area contributed by atoms with Crippen LogP contribution in [0.1, 0.15) is 31.4 Å². The van der Waals surface area contributed by atoms with Gasteiger partial charge in [0.15, 0.2) is 0 Å². The first-order valence-electron chi connectivity index (χ1n) is 13.0. The number of rotatable bonds is 13. The minimum Gasteiger partial charge on any atom is -0.495 e. The van der Waals surface area contributed by atoms with Crippen molar-refractivity contribution < 1.29 is 22.7 Å². The molecule has 1 N–H and O–H groups in total. The summed E-state index contributed by atoms with van der Waals surface area (Å²) in [6.07, 6.45) is 2.03. The van der Waals surface area contributed by atoms with Gasteiger partial charge in [-0.2, -0.15) is 0 Å². The molecule has 0 aliphatic carbocycles. The highest BCUT2D eigenvalue weighted by molar-refractivity contribution is 9.10. The van der Waals surface area contributed by atoms with E-state index in [0.29, 0.717) is 5.75 Å². The summed E-state index contributed by atoms with van der Waals surface area (Å²) in [6, 6.07) is 22.6. The highest BCUT2D eigenvalue weighted by Gasteiger charge is 2.34. The number of nitrogens with zero attached hydrogens (tertiary/aromatic N) is 2. The Labute approximate surface area is 245 Å². The topological polar surface area (TPSA) is 96.0 Å². The van der Waals surface area contributed by atoms with E-state index in [4.69, 9.17) is 4.74 Å². The molecule has 0 aliphatic heterocycles. The van der Waals surface area contributed by atoms with Crippen molar-refractivity contribution >= 4 is 43.5 Å². The van der Waals surface area contributed by atoms with Crippen molar-refractivity contribution in [1.82, 2.24) is 10.2 Å². The largest absolute Gasteiger partial charge is 0.495 e. The van der Waals surface area contributed by atoms with Crippen molar-refractivity contribution in [3.8, 4) is 5.75 Å². The van der Waals surface area contributed by atoms with E-state index in [1.54, 1.807) is 24.3 Å². The number of sulfonamides is 1. The highest BCUT2D eigenvalue weighted by Crippen LogP contribution is 2.30. The summed E-state index contributed by atoms with van der Waals surface area (Å²) in [4.78, 5) is 29.3. The maximum absolute atomic E-state index is 14.1. The molecule has 8 nitrogen and oxygen atoms in total. The first-order chi connectivity index (χ1) is 19.0. The van der Waals surface area contributed by atoms with E-state index in [0.717, 1.165) is 32.6 Å². The summed E-state index contributed by atoms with van der Waals surface area (Å²) in [6.45, 7) is 3.48. The van der Waals surface area contributed by atoms with Gasteiger partial charge < -0.3 is 15.0 Å². The molecule has 0 unspecified atom stereocenters. The smallest absolute Gasteiger partial charge is 0.244 e. The van der Waals surface area contributed by atoms with Crippen LogP contribution in [-0.4, -0.2) is 57.1 Å². The van der Waals surface area contributed by atoms with Gasteiger partial charge in [0.1, 0.15) is 18.3 Å². The predicted octanol–water partition coefficient (Wildman–Crippen LogP) is 4.78. The summed E-state index contributed by atoms with van der Waals surface area (Å²) in [7, 11) is -2.45. The fraction of sp³-hybridized carbons (Fsp3) is 0.333. The highest BCUT2D eigenvalue weighted by atomic mass is 79.9. The normalized spacial score (nSPS) is 12.7. The zero-order valence-electron chi connectivity index (χ0n) is 23.2. The van der Waals surface area contributed by atoms with E-state index in [1.165, 1.54) is 12.0 Å². The number of anilines is 1. The Balaban J connectivity index is 2.08. The van der Waals surface area contributed by atoms with E-state index < -0.39 is 28.5 Å². The van der Waals surface area contributed by atoms with Crippen LogP contribution in [0.5, 0.6) is 5.75 Å². The maximum Gasteiger partial charge on any atom is 0.244 e. The van der Waals surface area contributed by atoms with Crippen LogP contribution in [0.4, 0.5) is 5.69 Å². The van der Waals surface area contributed by atoms with Crippen molar-refractivity contribution in [2.24, 2.45) is 0 Å². The molecule has 10 heteroatoms. The van der Waals surface area contributed by atoms with E-state index in [-0.39, 0.29) is 30.6 Å². The van der Waals surface area contributed by atoms with E-state index >= 15 is 0 Å². The fourth-order valence-electron chi connectivity index (χ4n) is 4.26. The van der Waals surface area contributed by atoms with Crippen molar-refractivity contribution in [2.75, 3.05) is 24.2 Å². The minimum atomic E-state index is -3.89. The van der Waals surface area contributed by atoms with E-state index in [2.05, 4.69) is 21.2 Å². The van der Waals surface area contributed by atoms with Gasteiger partial charge in [0.05, 0.1) is 19.1 Å². The van der Waals surface area contributed by atoms with Gasteiger partial charge in [-0.15, -0.1) is 0 Å². The molecule has 0 aliphatic rings. The van der Waals surface area contributed by atoms with Gasteiger partial charge >= 0.3 is 0 Å². The Morgan fingerprint density at radius 2 is 1.62 bits per heavy atom. The monoisotopic (exact) mass is 629 g/mol. The van der Waals surface area contributed by atoms with Crippen LogP contribution in [0, 0.1) is 0 Å². The molecule has 3 aromatic rings. The number of hydrogen-bond donors (Lipinski definition) is 1. The molecule has 0 saturated carbocycles. The van der Waals surface area contributed by atoms with Crippen molar-refractivity contribution in [2.45, 2.75) is 45.3 Å². The molecule has 0 saturated heterocycles. The second-order valence-corrected chi connectivity index (χ2v) is 12.4. The van der Waals surface area contributed by atoms with Gasteiger partial charge in [0.25, 0.3) is 0 Å². The zero-order chi connectivity index (χ0) is 29.3. The van der Waals surface area contributed by atoms with Crippen LogP contribution in [-0.2, 0) is 32.6 Å². The number of hydrogen-bond acceptors (Lipinski definition) is 5. The van der Waals surface area contributed by atoms with Crippen molar-refractivity contribution in [3.63, 3.8) is 0 Å². The third-order valence-electron chi connectivity index (χ3n) is 6.55. The number of carbonyl (C=O) groups excluding carboxylic acids is 2. The SMILES string of the molecule is CC[C@@H](C)NC(=O)[C@H](Cc1ccccc1)N(Cc1cccc(Br)c1)C(=O)CN(c1ccccc1OC)S(C)(=O)=O. The summed E-state index contributed by atoms with van der Waals surface area (Å²) in [5, 5.41) is 3.02. The molecule has 0 bridgehead atoms. The predicted molar refractivity (Wildman–Crippen MR) is 162 cm³/mol. The summed E-state index contributed by atoms with van der Waals surface area (Å²) < 4.78 is 33.2. The average molecular weight is 631 g/mol. The minimum absolute atomic E-state index is 0.102. The molecule has 0 aromatic heterocycles. The molecule has 3 aromatic carbocycles. The number of nitrogens with one attached hydrogen (secondary N) is 1. The van der Waals surface area contributed by atoms with Gasteiger partial charge in [-0.25, -0.2) is 8.42 Å². The lowest BCUT2D eigenvalue weighted by atomic mass is 10.0. The van der Waals surface area contributed by atoms with Crippen LogP contribution in [0.25, 0.3) is 0 Å². The summed E-state index contributed by atoms with van der Waals surface area (Å²) in [5.41, 5.74) is 1.91. The lowest BCUT2D eigenvalue weighted by Crippen LogP contribution is -2.54. The number of ether oxygens (including phenoxy) is 1. The quantitative estimate of drug-likeness (QED) is 0.294. The average Bonchev–Trinajstić information content (AvgIpc) is 2.93. The summed E-state index contributed by atoms with van der Waals surface area (Å²) in [5.74, 6) is -0.504. The van der Waals surface area contributed by atoms with Gasteiger partial charge in [0.2, 0.25) is 21.8 Å². The fourth-order valence-corrected chi connectivity index (χ4v) is 5.56. The second kappa shape index (κ2) is 14.3. The standard InChI is InChI=1S/C30H36BrN3O5S/c1-5-22(2)32-30(36)27(19-23-12-7-6-8-13-23)33(20-24-14-11-15-25(31)18-24)29(35)21-34(40(4,37)38)26-16-9-10-17-28(26)39-3/h6-18,22,27H,5,19-21H2,1-4H3,(H,32,36)/t22-,27+/m1/s1. The van der Waals surface area contributed by atoms with E-state index in [9.17, 15) is 18.0 Å². The van der Waals surface area contributed by atoms with Crippen LogP contribution in [0.2, 0.25) is 0 Å². The molecular weight excluding hydrogens is 594 g/mol. The van der Waals surface area contributed by atoms with Gasteiger partial charge in [-0.3, -0.25) is 13.9 Å². The molecule has 3 rings (SSSR count). The van der Waals surface area contributed by atoms with Gasteiger partial charge in [0, 0.05) is 23.5 Å². The van der Waals surface area contributed by atoms with Gasteiger partial charge in [-0.05, 0) is 48.7 Å². The molecule has 214 valence electrons. The Morgan fingerprint density at radius 1 is 0.975 bits per heavy atom. The second-order valence-electron chi connectivity index (χ2n) is 9.62. The number of para-hydroxylation sites is 2. The molecule has 0 radical (unpaired) electrons. The Bertz CT molecular complexity index is 1400. The molecular formula is C30H36BrN3O5S. The molecule has 2 amide bonds. The first-order valence-corrected chi connectivity index (χ1v) is 15.7. The maximum atomic E-state index is 14.1. The number of halogens is 1. The Hall–Kier alpha value is -3.37. The van der Waals surface area contributed by atoms with Crippen LogP contribution < -0.4 is 14.4 Å². The molecule has 40 heavy (non-hydrogen) atoms. The first kappa shape index (κ1) is 31.2. The summed E-state index contributed by atoms with van der Waals surface area (Å²) >= 11 is 3.48. The third kappa shape index (κ3) is 8.56. The van der Waals surface area contributed by atoms with Crippen LogP contribution >= 0.6 is 15.9 Å². The number of benzene rings is 3. The molecule has 0 fully saturated rings. The lowest BCUT2D eigenvalue weighted by Gasteiger charge is -2.34. The van der Waals surface area contributed by atoms with Crippen molar-refractivity contribution in [1.29, 1.82) is 0 Å². The third-order valence-corrected chi connectivity index (χ3v) is 8.17. The van der Waals surface area contributed by atoms with Crippen LogP contribution in [0.15, 0.2) is 83.3 Å². The van der Waals surface area contributed by atoms with Crippen LogP contribution in [0.3, 0.4) is 0 Å². The zero-order valence-corrected chi connectivity index (χ0v) is 25.6. The Morgan fingerprint density at radius 3 is 2.25 bits per heavy atom. The van der Waals surface area contributed by atoms with E-state index in [1.807, 2.05) is 68.4 Å². The van der Waals surface area contributed by atoms with Gasteiger partial charge in [-0.1, -0.05) is 77.5 Å². The lowest BCUT2D eigenvalue weighted by molar-refractivity contribution is -0.140. The molecule has 0 spiro atoms. The van der Waals surface area contributed by atoms with Crippen molar-refractivity contribution in [3.05, 3.63) is 94.5 Å². The molecule has 2 atom stereocenters. The Kier molecular flexibility index (Phi) is 11.2.